The van der Waals surface area contributed by atoms with Crippen LogP contribution < -0.4 is 10.1 Å². The number of nitrogens with zero attached hydrogens (tertiary/aromatic N) is 2. The van der Waals surface area contributed by atoms with E-state index >= 15 is 0 Å². The molecule has 7 heteroatoms. The van der Waals surface area contributed by atoms with E-state index in [1.165, 1.54) is 23.7 Å². The van der Waals surface area contributed by atoms with Gasteiger partial charge < -0.3 is 10.1 Å². The van der Waals surface area contributed by atoms with Gasteiger partial charge in [-0.25, -0.2) is 4.39 Å². The molecule has 0 fully saturated rings. The van der Waals surface area contributed by atoms with Crippen LogP contribution in [0.2, 0.25) is 0 Å². The summed E-state index contributed by atoms with van der Waals surface area (Å²) < 4.78 is 21.4. The molecule has 0 radical (unpaired) electrons. The lowest BCUT2D eigenvalue weighted by Gasteiger charge is -2.10. The predicted octanol–water partition coefficient (Wildman–Crippen LogP) is 6.52. The average molecular weight is 492 g/mol. The van der Waals surface area contributed by atoms with Crippen molar-refractivity contribution in [3.05, 3.63) is 121 Å². The van der Waals surface area contributed by atoms with Crippen LogP contribution >= 0.6 is 0 Å². The molecule has 1 heterocycles. The third-order valence-corrected chi connectivity index (χ3v) is 5.65. The molecule has 5 aromatic rings. The number of esters is 1. The standard InChI is InChI=1S/C30H22FN3O3/c1-20(35)37-30-27(21-15-17-25(18-16-21)32-29(36)22-9-4-2-5-10-22)28(23-11-8-12-24(31)19-23)33-34(30)26-13-6-3-7-14-26/h2-19H,1H3,(H,32,36). The van der Waals surface area contributed by atoms with Gasteiger partial charge in [-0.2, -0.15) is 9.78 Å². The van der Waals surface area contributed by atoms with Crippen LogP contribution in [0.3, 0.4) is 0 Å². The van der Waals surface area contributed by atoms with E-state index in [0.29, 0.717) is 39.3 Å². The van der Waals surface area contributed by atoms with Crippen molar-refractivity contribution in [1.82, 2.24) is 9.78 Å². The van der Waals surface area contributed by atoms with Gasteiger partial charge in [-0.05, 0) is 54.1 Å². The number of amides is 1. The molecule has 0 saturated carbocycles. The van der Waals surface area contributed by atoms with Gasteiger partial charge in [0.05, 0.1) is 11.3 Å². The summed E-state index contributed by atoms with van der Waals surface area (Å²) in [6.07, 6.45) is 0. The lowest BCUT2D eigenvalue weighted by atomic mass is 10.0. The Hall–Kier alpha value is -5.04. The first kappa shape index (κ1) is 23.7. The van der Waals surface area contributed by atoms with Crippen molar-refractivity contribution in [2.75, 3.05) is 5.32 Å². The van der Waals surface area contributed by atoms with Gasteiger partial charge in [-0.15, -0.1) is 0 Å². The smallest absolute Gasteiger partial charge is 0.309 e. The van der Waals surface area contributed by atoms with Crippen molar-refractivity contribution in [2.24, 2.45) is 0 Å². The zero-order chi connectivity index (χ0) is 25.8. The summed E-state index contributed by atoms with van der Waals surface area (Å²) in [4.78, 5) is 24.7. The van der Waals surface area contributed by atoms with E-state index in [0.717, 1.165) is 0 Å². The fourth-order valence-electron chi connectivity index (χ4n) is 3.99. The van der Waals surface area contributed by atoms with Crippen LogP contribution in [0.5, 0.6) is 5.88 Å². The summed E-state index contributed by atoms with van der Waals surface area (Å²) in [7, 11) is 0. The Morgan fingerprint density at radius 1 is 0.811 bits per heavy atom. The Balaban J connectivity index is 1.62. The van der Waals surface area contributed by atoms with Gasteiger partial charge in [0.15, 0.2) is 0 Å². The lowest BCUT2D eigenvalue weighted by Crippen LogP contribution is -2.11. The van der Waals surface area contributed by atoms with Gasteiger partial charge in [0.2, 0.25) is 5.88 Å². The quantitative estimate of drug-likeness (QED) is 0.274. The third-order valence-electron chi connectivity index (χ3n) is 5.65. The van der Waals surface area contributed by atoms with E-state index in [1.54, 1.807) is 60.7 Å². The van der Waals surface area contributed by atoms with Crippen molar-refractivity contribution in [2.45, 2.75) is 6.92 Å². The van der Waals surface area contributed by atoms with Gasteiger partial charge in [0, 0.05) is 23.7 Å². The topological polar surface area (TPSA) is 73.2 Å². The molecule has 1 aromatic heterocycles. The van der Waals surface area contributed by atoms with Crippen molar-refractivity contribution in [3.63, 3.8) is 0 Å². The Morgan fingerprint density at radius 2 is 1.49 bits per heavy atom. The molecule has 5 rings (SSSR count). The number of nitrogens with one attached hydrogen (secondary N) is 1. The van der Waals surface area contributed by atoms with E-state index < -0.39 is 11.8 Å². The lowest BCUT2D eigenvalue weighted by molar-refractivity contribution is -0.132. The first-order valence-corrected chi connectivity index (χ1v) is 11.6. The fourth-order valence-corrected chi connectivity index (χ4v) is 3.99. The molecule has 6 nitrogen and oxygen atoms in total. The summed E-state index contributed by atoms with van der Waals surface area (Å²) in [6, 6.07) is 31.3. The molecule has 0 aliphatic carbocycles. The number of aromatic nitrogens is 2. The first-order valence-electron chi connectivity index (χ1n) is 11.6. The number of benzene rings is 4. The SMILES string of the molecule is CC(=O)Oc1c(-c2ccc(NC(=O)c3ccccc3)cc2)c(-c2cccc(F)c2)nn1-c1ccccc1. The van der Waals surface area contributed by atoms with Gasteiger partial charge in [0.1, 0.15) is 11.5 Å². The minimum absolute atomic E-state index is 0.207. The Bertz CT molecular complexity index is 1560. The van der Waals surface area contributed by atoms with Crippen LogP contribution in [0.15, 0.2) is 109 Å². The molecule has 4 aromatic carbocycles. The molecule has 0 aliphatic rings. The van der Waals surface area contributed by atoms with E-state index in [2.05, 4.69) is 5.32 Å². The van der Waals surface area contributed by atoms with Crippen LogP contribution in [0.1, 0.15) is 17.3 Å². The second kappa shape index (κ2) is 10.3. The van der Waals surface area contributed by atoms with Crippen LogP contribution in [-0.4, -0.2) is 21.7 Å². The van der Waals surface area contributed by atoms with E-state index in [1.807, 2.05) is 36.4 Å². The number of rotatable bonds is 6. The number of carbonyl (C=O) groups excluding carboxylic acids is 2. The third kappa shape index (κ3) is 5.16. The van der Waals surface area contributed by atoms with E-state index in [-0.39, 0.29) is 11.8 Å². The van der Waals surface area contributed by atoms with Crippen molar-refractivity contribution in [3.8, 4) is 34.0 Å². The minimum Gasteiger partial charge on any atom is -0.407 e. The average Bonchev–Trinajstić information content (AvgIpc) is 3.28. The number of para-hydroxylation sites is 1. The Labute approximate surface area is 213 Å². The number of hydrogen-bond acceptors (Lipinski definition) is 4. The van der Waals surface area contributed by atoms with E-state index in [4.69, 9.17) is 9.84 Å². The largest absolute Gasteiger partial charge is 0.407 e. The number of anilines is 1. The molecular formula is C30H22FN3O3. The van der Waals surface area contributed by atoms with Crippen molar-refractivity contribution in [1.29, 1.82) is 0 Å². The second-order valence-corrected chi connectivity index (χ2v) is 8.28. The molecule has 0 bridgehead atoms. The zero-order valence-corrected chi connectivity index (χ0v) is 19.9. The van der Waals surface area contributed by atoms with Gasteiger partial charge >= 0.3 is 5.97 Å². The number of hydrogen-bond donors (Lipinski definition) is 1. The highest BCUT2D eigenvalue weighted by Gasteiger charge is 2.25. The summed E-state index contributed by atoms with van der Waals surface area (Å²) in [5.74, 6) is -0.952. The number of halogens is 1. The van der Waals surface area contributed by atoms with Crippen LogP contribution in [0.4, 0.5) is 10.1 Å². The molecule has 0 saturated heterocycles. The summed E-state index contributed by atoms with van der Waals surface area (Å²) in [6.45, 7) is 1.32. The molecule has 0 unspecified atom stereocenters. The molecule has 37 heavy (non-hydrogen) atoms. The zero-order valence-electron chi connectivity index (χ0n) is 19.9. The Kier molecular flexibility index (Phi) is 6.59. The summed E-state index contributed by atoms with van der Waals surface area (Å²) in [5.41, 5.74) is 3.98. The fraction of sp³-hybridized carbons (Fsp3) is 0.0333. The highest BCUT2D eigenvalue weighted by atomic mass is 19.1. The molecule has 1 amide bonds. The number of ether oxygens (including phenoxy) is 1. The van der Waals surface area contributed by atoms with Gasteiger partial charge in [0.25, 0.3) is 5.91 Å². The maximum absolute atomic E-state index is 14.2. The van der Waals surface area contributed by atoms with Crippen molar-refractivity contribution >= 4 is 17.6 Å². The molecular weight excluding hydrogens is 469 g/mol. The second-order valence-electron chi connectivity index (χ2n) is 8.28. The maximum Gasteiger partial charge on any atom is 0.309 e. The predicted molar refractivity (Wildman–Crippen MR) is 140 cm³/mol. The first-order chi connectivity index (χ1) is 18.0. The normalized spacial score (nSPS) is 10.6. The van der Waals surface area contributed by atoms with Crippen molar-refractivity contribution < 1.29 is 18.7 Å². The highest BCUT2D eigenvalue weighted by molar-refractivity contribution is 6.04. The molecule has 0 aliphatic heterocycles. The highest BCUT2D eigenvalue weighted by Crippen LogP contribution is 2.41. The minimum atomic E-state index is -0.518. The summed E-state index contributed by atoms with van der Waals surface area (Å²) in [5, 5.41) is 7.61. The van der Waals surface area contributed by atoms with Crippen LogP contribution in [0.25, 0.3) is 28.1 Å². The van der Waals surface area contributed by atoms with Crippen LogP contribution in [0, 0.1) is 5.82 Å². The monoisotopic (exact) mass is 491 g/mol. The molecule has 0 spiro atoms. The summed E-state index contributed by atoms with van der Waals surface area (Å²) >= 11 is 0. The number of carbonyl (C=O) groups is 2. The molecule has 1 N–H and O–H groups in total. The Morgan fingerprint density at radius 3 is 2.14 bits per heavy atom. The molecule has 182 valence electrons. The maximum atomic E-state index is 14.2. The molecule has 0 atom stereocenters. The van der Waals surface area contributed by atoms with Crippen LogP contribution in [-0.2, 0) is 4.79 Å². The van der Waals surface area contributed by atoms with E-state index in [9.17, 15) is 14.0 Å². The van der Waals surface area contributed by atoms with Gasteiger partial charge in [-0.3, -0.25) is 9.59 Å². The van der Waals surface area contributed by atoms with Gasteiger partial charge in [-0.1, -0.05) is 60.7 Å².